The second-order valence-electron chi connectivity index (χ2n) is 10.9. The number of fused-ring (bicyclic) bond motifs is 1. The van der Waals surface area contributed by atoms with Crippen molar-refractivity contribution in [1.82, 2.24) is 0 Å². The van der Waals surface area contributed by atoms with Crippen molar-refractivity contribution < 1.29 is 36.8 Å². The molecule has 0 aromatic carbocycles. The van der Waals surface area contributed by atoms with E-state index in [1.54, 1.807) is 0 Å². The quantitative estimate of drug-likeness (QED) is 0.247. The Labute approximate surface area is 208 Å². The first-order valence-corrected chi connectivity index (χ1v) is 16.6. The number of esters is 1. The zero-order valence-electron chi connectivity index (χ0n) is 22.7. The van der Waals surface area contributed by atoms with E-state index in [-0.39, 0.29) is 65.8 Å². The zero-order valence-corrected chi connectivity index (χ0v) is 24.7. The van der Waals surface area contributed by atoms with Crippen LogP contribution in [0.4, 0.5) is 0 Å². The fourth-order valence-electron chi connectivity index (χ4n) is 5.08. The summed E-state index contributed by atoms with van der Waals surface area (Å²) in [5.74, 6) is -0.506. The van der Waals surface area contributed by atoms with Crippen molar-refractivity contribution in [1.29, 1.82) is 0 Å². The fourth-order valence-corrected chi connectivity index (χ4v) is 16.3. The SMILES string of the molecule is B[C@@H]1O[C@@H]2CO[Si](C(C)C)(C(C)C)O[Si](C(C)C)(C(C)C)OC2C1OCOC(=O)CCC(C)=O. The Balaban J connectivity index is 2.28. The van der Waals surface area contributed by atoms with Crippen LogP contribution in [0, 0.1) is 0 Å². The van der Waals surface area contributed by atoms with Crippen LogP contribution in [0.1, 0.15) is 75.2 Å². The van der Waals surface area contributed by atoms with Crippen molar-refractivity contribution in [2.45, 2.75) is 122 Å². The molecule has 0 aliphatic carbocycles. The van der Waals surface area contributed by atoms with E-state index in [0.29, 0.717) is 6.61 Å². The number of ether oxygens (including phenoxy) is 3. The number of carbonyl (C=O) groups excluding carboxylic acids is 2. The molecule has 2 saturated heterocycles. The summed E-state index contributed by atoms with van der Waals surface area (Å²) in [6.45, 7) is 19.1. The van der Waals surface area contributed by atoms with Gasteiger partial charge in [-0.25, -0.2) is 0 Å². The minimum absolute atomic E-state index is 0.0486. The molecule has 2 heterocycles. The Morgan fingerprint density at radius 2 is 1.50 bits per heavy atom. The highest BCUT2D eigenvalue weighted by Gasteiger charge is 2.61. The summed E-state index contributed by atoms with van der Waals surface area (Å²) in [5, 5.41) is 0. The molecule has 0 aromatic rings. The third-order valence-electron chi connectivity index (χ3n) is 7.04. The van der Waals surface area contributed by atoms with Gasteiger partial charge in [-0.05, 0) is 29.1 Å². The summed E-state index contributed by atoms with van der Waals surface area (Å²) in [7, 11) is -3.47. The molecule has 2 fully saturated rings. The number of carbonyl (C=O) groups is 2. The van der Waals surface area contributed by atoms with E-state index >= 15 is 0 Å². The van der Waals surface area contributed by atoms with Gasteiger partial charge in [0.1, 0.15) is 31.9 Å². The number of hydrogen-bond donors (Lipinski definition) is 0. The second kappa shape index (κ2) is 12.1. The minimum Gasteiger partial charge on any atom is -0.438 e. The van der Waals surface area contributed by atoms with Crippen LogP contribution in [0.3, 0.4) is 0 Å². The fraction of sp³-hybridized carbons (Fsp3) is 0.913. The van der Waals surface area contributed by atoms with E-state index in [2.05, 4.69) is 55.4 Å². The third kappa shape index (κ3) is 6.40. The summed E-state index contributed by atoms with van der Waals surface area (Å²) in [6, 6.07) is -0.257. The number of Topliss-reactive ketones (excluding diaryl/α,β-unsaturated/α-hetero) is 1. The maximum atomic E-state index is 11.9. The average molecular weight is 517 g/mol. The van der Waals surface area contributed by atoms with Gasteiger partial charge in [-0.1, -0.05) is 55.4 Å². The molecule has 2 aliphatic rings. The van der Waals surface area contributed by atoms with E-state index in [9.17, 15) is 9.59 Å². The standard InChI is InChI=1S/C23H45BO8Si2/c1-14(2)33(15(3)4)29-12-19-21(31-34(32-33,16(5)6)17(7)8)22(23(24)30-19)28-13-27-20(26)11-10-18(9)25/h14-17,19,21-23H,10-13,24H2,1-9H3/t19-,21?,22?,23-/m1/s1. The van der Waals surface area contributed by atoms with Crippen molar-refractivity contribution in [2.24, 2.45) is 0 Å². The molecule has 0 amide bonds. The molecule has 2 rings (SSSR count). The molecule has 0 N–H and O–H groups in total. The summed E-state index contributed by atoms with van der Waals surface area (Å²) in [5.41, 5.74) is 0.912. The Morgan fingerprint density at radius 1 is 0.941 bits per heavy atom. The van der Waals surface area contributed by atoms with E-state index in [0.717, 1.165) is 0 Å². The predicted molar refractivity (Wildman–Crippen MR) is 137 cm³/mol. The van der Waals surface area contributed by atoms with Crippen molar-refractivity contribution in [3.8, 4) is 0 Å². The lowest BCUT2D eigenvalue weighted by molar-refractivity contribution is -0.166. The van der Waals surface area contributed by atoms with Crippen LogP contribution in [-0.2, 0) is 36.8 Å². The molecule has 0 bridgehead atoms. The van der Waals surface area contributed by atoms with E-state index in [1.165, 1.54) is 6.92 Å². The van der Waals surface area contributed by atoms with Gasteiger partial charge in [0, 0.05) is 6.42 Å². The van der Waals surface area contributed by atoms with Gasteiger partial charge < -0.3 is 32.0 Å². The van der Waals surface area contributed by atoms with Crippen LogP contribution in [0.15, 0.2) is 0 Å². The highest BCUT2D eigenvalue weighted by molar-refractivity contribution is 6.84. The Bertz CT molecular complexity index is 686. The van der Waals surface area contributed by atoms with Crippen LogP contribution in [0.5, 0.6) is 0 Å². The first-order valence-electron chi connectivity index (χ1n) is 12.7. The molecule has 196 valence electrons. The summed E-state index contributed by atoms with van der Waals surface area (Å²) < 4.78 is 38.5. The molecule has 11 heteroatoms. The molecule has 8 nitrogen and oxygen atoms in total. The lowest BCUT2D eigenvalue weighted by Gasteiger charge is -2.51. The maximum absolute atomic E-state index is 11.9. The monoisotopic (exact) mass is 516 g/mol. The van der Waals surface area contributed by atoms with Gasteiger partial charge >= 0.3 is 23.1 Å². The summed E-state index contributed by atoms with van der Waals surface area (Å²) >= 11 is 0. The smallest absolute Gasteiger partial charge is 0.335 e. The highest BCUT2D eigenvalue weighted by Crippen LogP contribution is 2.47. The molecular weight excluding hydrogens is 471 g/mol. The predicted octanol–water partition coefficient (Wildman–Crippen LogP) is 3.56. The van der Waals surface area contributed by atoms with Gasteiger partial charge in [0.15, 0.2) is 6.79 Å². The Morgan fingerprint density at radius 3 is 2.00 bits per heavy atom. The lowest BCUT2D eigenvalue weighted by atomic mass is 9.93. The van der Waals surface area contributed by atoms with Crippen LogP contribution in [0.2, 0.25) is 22.2 Å². The number of ketones is 1. The van der Waals surface area contributed by atoms with Crippen LogP contribution < -0.4 is 0 Å². The van der Waals surface area contributed by atoms with Crippen LogP contribution in [-0.4, -0.2) is 74.4 Å². The molecule has 0 radical (unpaired) electrons. The molecule has 34 heavy (non-hydrogen) atoms. The van der Waals surface area contributed by atoms with Crippen molar-refractivity contribution in [3.63, 3.8) is 0 Å². The van der Waals surface area contributed by atoms with Gasteiger partial charge in [0.25, 0.3) is 0 Å². The maximum Gasteiger partial charge on any atom is 0.335 e. The van der Waals surface area contributed by atoms with E-state index in [4.69, 9.17) is 27.2 Å². The number of hydrogen-bond acceptors (Lipinski definition) is 8. The topological polar surface area (TPSA) is 89.5 Å². The Hall–Kier alpha value is -0.561. The molecule has 0 aromatic heterocycles. The number of rotatable bonds is 10. The normalized spacial score (nSPS) is 28.7. The molecular formula is C23H45BO8Si2. The van der Waals surface area contributed by atoms with E-state index < -0.39 is 29.2 Å². The summed E-state index contributed by atoms with van der Waals surface area (Å²) in [4.78, 5) is 23.0. The molecule has 0 spiro atoms. The molecule has 2 unspecified atom stereocenters. The van der Waals surface area contributed by atoms with Crippen LogP contribution in [0.25, 0.3) is 0 Å². The van der Waals surface area contributed by atoms with Gasteiger partial charge in [-0.2, -0.15) is 0 Å². The first-order chi connectivity index (χ1) is 15.8. The second-order valence-corrected chi connectivity index (χ2v) is 19.7. The van der Waals surface area contributed by atoms with Crippen molar-refractivity contribution >= 4 is 36.7 Å². The lowest BCUT2D eigenvalue weighted by Crippen LogP contribution is -2.66. The highest BCUT2D eigenvalue weighted by atomic mass is 28.5. The first kappa shape index (κ1) is 29.7. The van der Waals surface area contributed by atoms with Crippen LogP contribution >= 0.6 is 0 Å². The van der Waals surface area contributed by atoms with Gasteiger partial charge in [0.05, 0.1) is 19.0 Å². The third-order valence-corrected chi connectivity index (χ3v) is 17.3. The van der Waals surface area contributed by atoms with Gasteiger partial charge in [0.2, 0.25) is 0 Å². The molecule has 4 atom stereocenters. The Kier molecular flexibility index (Phi) is 10.6. The molecule has 0 saturated carbocycles. The minimum atomic E-state index is -2.79. The van der Waals surface area contributed by atoms with Gasteiger partial charge in [-0.15, -0.1) is 0 Å². The average Bonchev–Trinajstić information content (AvgIpc) is 2.99. The largest absolute Gasteiger partial charge is 0.438 e. The van der Waals surface area contributed by atoms with Crippen molar-refractivity contribution in [3.05, 3.63) is 0 Å². The van der Waals surface area contributed by atoms with Gasteiger partial charge in [-0.3, -0.25) is 4.79 Å². The zero-order chi connectivity index (χ0) is 25.8. The summed E-state index contributed by atoms with van der Waals surface area (Å²) in [6.07, 6.45) is -0.874. The van der Waals surface area contributed by atoms with Crippen molar-refractivity contribution in [2.75, 3.05) is 13.4 Å². The van der Waals surface area contributed by atoms with E-state index in [1.807, 2.05) is 7.85 Å². The molecule has 2 aliphatic heterocycles.